The van der Waals surface area contributed by atoms with Gasteiger partial charge >= 0.3 is 0 Å². The van der Waals surface area contributed by atoms with E-state index < -0.39 is 0 Å². The lowest BCUT2D eigenvalue weighted by molar-refractivity contribution is 1.18. The summed E-state index contributed by atoms with van der Waals surface area (Å²) in [4.78, 5) is 2.63. The van der Waals surface area contributed by atoms with Gasteiger partial charge in [0.2, 0.25) is 0 Å². The van der Waals surface area contributed by atoms with Crippen molar-refractivity contribution in [1.82, 2.24) is 0 Å². The van der Waals surface area contributed by atoms with Gasteiger partial charge in [0.25, 0.3) is 0 Å². The van der Waals surface area contributed by atoms with Crippen LogP contribution >= 0.6 is 59.1 Å². The Hall–Kier alpha value is 0.160. The average Bonchev–Trinajstić information content (AvgIpc) is 2.58. The minimum Gasteiger partial charge on any atom is -0.378 e. The second kappa shape index (κ2) is 5.87. The summed E-state index contributed by atoms with van der Waals surface area (Å²) < 4.78 is 3.32. The lowest BCUT2D eigenvalue weighted by Crippen LogP contribution is -1.98. The van der Waals surface area contributed by atoms with Crippen LogP contribution in [0.3, 0.4) is 0 Å². The number of thiophene rings is 1. The number of hydrogen-bond acceptors (Lipinski definition) is 2. The second-order valence-electron chi connectivity index (χ2n) is 3.57. The zero-order chi connectivity index (χ0) is 12.4. The van der Waals surface area contributed by atoms with Crippen molar-refractivity contribution >= 4 is 64.8 Å². The Morgan fingerprint density at radius 3 is 2.29 bits per heavy atom. The fraction of sp³-hybridized carbons (Fsp3) is 0.167. The van der Waals surface area contributed by atoms with Crippen LogP contribution in [0.2, 0.25) is 0 Å². The molecule has 2 rings (SSSR count). The Bertz CT molecular complexity index is 497. The third-order valence-electron chi connectivity index (χ3n) is 2.31. The number of para-hydroxylation sites is 1. The molecular formula is C12H10Br3NS. The van der Waals surface area contributed by atoms with Crippen LogP contribution in [0.4, 0.5) is 5.69 Å². The smallest absolute Gasteiger partial charge is 0.0631 e. The molecule has 17 heavy (non-hydrogen) atoms. The van der Waals surface area contributed by atoms with Crippen molar-refractivity contribution in [3.8, 4) is 0 Å². The zero-order valence-corrected chi connectivity index (χ0v) is 14.6. The molecule has 1 aromatic heterocycles. The molecule has 2 aromatic rings. The lowest BCUT2D eigenvalue weighted by Gasteiger charge is -2.09. The van der Waals surface area contributed by atoms with E-state index in [9.17, 15) is 0 Å². The van der Waals surface area contributed by atoms with E-state index in [0.29, 0.717) is 0 Å². The quantitative estimate of drug-likeness (QED) is 0.622. The molecular weight excluding hydrogens is 430 g/mol. The maximum absolute atomic E-state index is 3.54. The Morgan fingerprint density at radius 2 is 1.76 bits per heavy atom. The molecule has 1 aromatic carbocycles. The van der Waals surface area contributed by atoms with Crippen molar-refractivity contribution in [3.05, 3.63) is 47.4 Å². The fourth-order valence-electron chi connectivity index (χ4n) is 1.45. The molecule has 0 saturated carbocycles. The largest absolute Gasteiger partial charge is 0.378 e. The second-order valence-corrected chi connectivity index (χ2v) is 7.47. The molecule has 0 spiro atoms. The maximum atomic E-state index is 3.54. The Labute approximate surface area is 130 Å². The van der Waals surface area contributed by atoms with Crippen LogP contribution in [0.5, 0.6) is 0 Å². The Morgan fingerprint density at radius 1 is 1.12 bits per heavy atom. The third kappa shape index (κ3) is 3.34. The minimum atomic E-state index is 0.832. The molecule has 0 aliphatic heterocycles. The van der Waals surface area contributed by atoms with Crippen LogP contribution in [0.15, 0.2) is 37.7 Å². The number of hydrogen-bond donors (Lipinski definition) is 1. The van der Waals surface area contributed by atoms with E-state index in [2.05, 4.69) is 66.1 Å². The van der Waals surface area contributed by atoms with Gasteiger partial charge in [0.1, 0.15) is 0 Å². The summed E-state index contributed by atoms with van der Waals surface area (Å²) in [5, 5.41) is 3.43. The summed E-state index contributed by atoms with van der Waals surface area (Å²) in [6, 6.07) is 8.23. The monoisotopic (exact) mass is 437 g/mol. The average molecular weight is 440 g/mol. The predicted molar refractivity (Wildman–Crippen MR) is 85.9 cm³/mol. The van der Waals surface area contributed by atoms with Crippen molar-refractivity contribution in [2.24, 2.45) is 0 Å². The Kier molecular flexibility index (Phi) is 4.69. The van der Waals surface area contributed by atoms with Crippen LogP contribution in [-0.2, 0) is 6.54 Å². The maximum Gasteiger partial charge on any atom is 0.0631 e. The molecule has 0 unspecified atom stereocenters. The number of halogens is 3. The van der Waals surface area contributed by atoms with Crippen molar-refractivity contribution in [1.29, 1.82) is 0 Å². The third-order valence-corrected chi connectivity index (χ3v) is 5.77. The summed E-state index contributed by atoms with van der Waals surface area (Å²) in [6.07, 6.45) is 0. The van der Waals surface area contributed by atoms with Gasteiger partial charge < -0.3 is 5.32 Å². The molecule has 0 radical (unpaired) electrons. The standard InChI is InChI=1S/C12H10Br3NS/c1-7-11(15)5-8(17-7)6-16-12-9(13)3-2-4-10(12)14/h2-5,16H,6H2,1H3. The first kappa shape index (κ1) is 13.6. The van der Waals surface area contributed by atoms with E-state index >= 15 is 0 Å². The molecule has 1 heterocycles. The van der Waals surface area contributed by atoms with Gasteiger partial charge in [-0.25, -0.2) is 0 Å². The lowest BCUT2D eigenvalue weighted by atomic mass is 10.3. The predicted octanol–water partition coefficient (Wildman–Crippen LogP) is 5.96. The summed E-state index contributed by atoms with van der Waals surface area (Å²) >= 11 is 12.4. The number of anilines is 1. The highest BCUT2D eigenvalue weighted by molar-refractivity contribution is 9.11. The molecule has 0 aliphatic rings. The van der Waals surface area contributed by atoms with Gasteiger partial charge in [0.15, 0.2) is 0 Å². The van der Waals surface area contributed by atoms with Crippen LogP contribution < -0.4 is 5.32 Å². The van der Waals surface area contributed by atoms with Gasteiger partial charge in [0.05, 0.1) is 5.69 Å². The molecule has 1 N–H and O–H groups in total. The first-order chi connectivity index (χ1) is 8.08. The van der Waals surface area contributed by atoms with Gasteiger partial charge in [0, 0.05) is 29.7 Å². The van der Waals surface area contributed by atoms with E-state index in [1.54, 1.807) is 11.3 Å². The van der Waals surface area contributed by atoms with Crippen molar-refractivity contribution < 1.29 is 0 Å². The highest BCUT2D eigenvalue weighted by atomic mass is 79.9. The van der Waals surface area contributed by atoms with Crippen LogP contribution in [0.25, 0.3) is 0 Å². The summed E-state index contributed by atoms with van der Waals surface area (Å²) in [6.45, 7) is 2.95. The van der Waals surface area contributed by atoms with Crippen LogP contribution in [0.1, 0.15) is 9.75 Å². The molecule has 5 heteroatoms. The summed E-state index contributed by atoms with van der Waals surface area (Å²) in [5.74, 6) is 0. The van der Waals surface area contributed by atoms with Crippen LogP contribution in [0, 0.1) is 6.92 Å². The normalized spacial score (nSPS) is 10.6. The molecule has 90 valence electrons. The molecule has 0 atom stereocenters. The molecule has 0 bridgehead atoms. The van der Waals surface area contributed by atoms with E-state index in [1.807, 2.05) is 18.2 Å². The van der Waals surface area contributed by atoms with E-state index in [1.165, 1.54) is 14.2 Å². The fourth-order valence-corrected chi connectivity index (χ4v) is 4.27. The number of rotatable bonds is 3. The van der Waals surface area contributed by atoms with Gasteiger partial charge in [-0.05, 0) is 72.9 Å². The molecule has 0 fully saturated rings. The summed E-state index contributed by atoms with van der Waals surface area (Å²) in [5.41, 5.74) is 1.09. The van der Waals surface area contributed by atoms with Gasteiger partial charge in [-0.2, -0.15) is 0 Å². The Balaban J connectivity index is 2.12. The topological polar surface area (TPSA) is 12.0 Å². The van der Waals surface area contributed by atoms with E-state index in [4.69, 9.17) is 0 Å². The first-order valence-electron chi connectivity index (χ1n) is 5.00. The van der Waals surface area contributed by atoms with Crippen molar-refractivity contribution in [2.75, 3.05) is 5.32 Å². The van der Waals surface area contributed by atoms with E-state index in [-0.39, 0.29) is 0 Å². The summed E-state index contributed by atoms with van der Waals surface area (Å²) in [7, 11) is 0. The molecule has 0 aliphatic carbocycles. The van der Waals surface area contributed by atoms with Gasteiger partial charge in [-0.3, -0.25) is 0 Å². The number of nitrogens with one attached hydrogen (secondary N) is 1. The molecule has 0 amide bonds. The SMILES string of the molecule is Cc1sc(CNc2c(Br)cccc2Br)cc1Br. The minimum absolute atomic E-state index is 0.832. The first-order valence-corrected chi connectivity index (χ1v) is 8.20. The molecule has 0 saturated heterocycles. The van der Waals surface area contributed by atoms with E-state index in [0.717, 1.165) is 21.2 Å². The van der Waals surface area contributed by atoms with Gasteiger partial charge in [-0.1, -0.05) is 6.07 Å². The number of benzene rings is 1. The highest BCUT2D eigenvalue weighted by Crippen LogP contribution is 2.32. The van der Waals surface area contributed by atoms with Crippen molar-refractivity contribution in [3.63, 3.8) is 0 Å². The van der Waals surface area contributed by atoms with Crippen LogP contribution in [-0.4, -0.2) is 0 Å². The highest BCUT2D eigenvalue weighted by Gasteiger charge is 2.06. The van der Waals surface area contributed by atoms with Gasteiger partial charge in [-0.15, -0.1) is 11.3 Å². The van der Waals surface area contributed by atoms with Crippen molar-refractivity contribution in [2.45, 2.75) is 13.5 Å². The number of aryl methyl sites for hydroxylation is 1. The zero-order valence-electron chi connectivity index (χ0n) is 9.06. The molecule has 1 nitrogen and oxygen atoms in total.